The lowest BCUT2D eigenvalue weighted by atomic mass is 11.0. The van der Waals surface area contributed by atoms with Crippen molar-refractivity contribution in [3.8, 4) is 0 Å². The summed E-state index contributed by atoms with van der Waals surface area (Å²) in [5, 5.41) is 0. The van der Waals surface area contributed by atoms with Crippen molar-refractivity contribution in [2.45, 2.75) is 0 Å². The molecule has 0 heterocycles. The Balaban J connectivity index is 2.54. The molecule has 0 aliphatic carbocycles. The smallest absolute Gasteiger partial charge is 0.0204 e. The summed E-state index contributed by atoms with van der Waals surface area (Å²) in [7, 11) is 5.48. The third-order valence-electron chi connectivity index (χ3n) is 0.632. The van der Waals surface area contributed by atoms with Gasteiger partial charge in [0.05, 0.1) is 0 Å². The van der Waals surface area contributed by atoms with E-state index in [-0.39, 0.29) is 0 Å². The molecular formula is C3H11NSi. The van der Waals surface area contributed by atoms with Gasteiger partial charge >= 0.3 is 0 Å². The molecule has 32 valence electrons. The van der Waals surface area contributed by atoms with E-state index in [1.165, 1.54) is 16.4 Å². The predicted octanol–water partition coefficient (Wildman–Crippen LogP) is -1.13. The van der Waals surface area contributed by atoms with E-state index in [0.29, 0.717) is 0 Å². The largest absolute Gasteiger partial charge is 0.313 e. The average molecular weight is 89.2 g/mol. The van der Waals surface area contributed by atoms with Crippen LogP contribution in [0, 0.1) is 0 Å². The zero-order valence-electron chi connectivity index (χ0n) is 4.15. The van der Waals surface area contributed by atoms with Crippen molar-refractivity contribution in [3.63, 3.8) is 0 Å². The molecule has 0 saturated carbocycles. The fraction of sp³-hybridized carbons (Fsp3) is 1.00. The molecule has 0 radical (unpaired) electrons. The van der Waals surface area contributed by atoms with Gasteiger partial charge in [-0.15, -0.1) is 0 Å². The second kappa shape index (κ2) is 2.42. The molecule has 0 spiro atoms. The third kappa shape index (κ3) is 4.18. The second-order valence-corrected chi connectivity index (χ2v) is 2.03. The van der Waals surface area contributed by atoms with Gasteiger partial charge in [0.1, 0.15) is 0 Å². The molecule has 0 atom stereocenters. The molecule has 0 rings (SSSR count). The summed E-state index contributed by atoms with van der Waals surface area (Å²) in [4.78, 5) is 2.19. The maximum Gasteiger partial charge on any atom is 0.0204 e. The lowest BCUT2D eigenvalue weighted by molar-refractivity contribution is 0.480. The first kappa shape index (κ1) is 5.18. The van der Waals surface area contributed by atoms with Crippen LogP contribution in [0.15, 0.2) is 0 Å². The summed E-state index contributed by atoms with van der Waals surface area (Å²) in [5.74, 6) is 0. The Labute approximate surface area is 36.4 Å². The van der Waals surface area contributed by atoms with Crippen LogP contribution in [0.5, 0.6) is 0 Å². The standard InChI is InChI=1S/C3H11NSi/c1-4(2)3-5/h3H2,1-2,5H3. The molecule has 0 saturated heterocycles. The van der Waals surface area contributed by atoms with Gasteiger partial charge in [0, 0.05) is 10.2 Å². The Bertz CT molecular complexity index is 20.9. The summed E-state index contributed by atoms with van der Waals surface area (Å²) in [6, 6.07) is 0. The Hall–Kier alpha value is 0.177. The van der Waals surface area contributed by atoms with Gasteiger partial charge in [-0.25, -0.2) is 0 Å². The summed E-state index contributed by atoms with van der Waals surface area (Å²) in [5.41, 5.74) is 0. The fourth-order valence-corrected chi connectivity index (χ4v) is 0. The quantitative estimate of drug-likeness (QED) is 0.367. The van der Waals surface area contributed by atoms with Crippen molar-refractivity contribution in [1.82, 2.24) is 4.90 Å². The van der Waals surface area contributed by atoms with Crippen LogP contribution in [0.3, 0.4) is 0 Å². The Morgan fingerprint density at radius 1 is 1.60 bits per heavy atom. The fourth-order valence-electron chi connectivity index (χ4n) is 0. The van der Waals surface area contributed by atoms with Gasteiger partial charge < -0.3 is 4.90 Å². The van der Waals surface area contributed by atoms with Crippen molar-refractivity contribution >= 4 is 10.2 Å². The highest BCUT2D eigenvalue weighted by Crippen LogP contribution is 1.58. The molecule has 0 aliphatic heterocycles. The molecule has 0 aromatic carbocycles. The maximum atomic E-state index is 2.19. The monoisotopic (exact) mass is 89.1 g/mol. The molecule has 0 bridgehead atoms. The van der Waals surface area contributed by atoms with Crippen LogP contribution in [-0.2, 0) is 0 Å². The highest BCUT2D eigenvalue weighted by Gasteiger charge is 1.72. The lowest BCUT2D eigenvalue weighted by Crippen LogP contribution is -2.11. The van der Waals surface area contributed by atoms with E-state index >= 15 is 0 Å². The number of hydrogen-bond acceptors (Lipinski definition) is 1. The van der Waals surface area contributed by atoms with Crippen LogP contribution in [-0.4, -0.2) is 35.4 Å². The van der Waals surface area contributed by atoms with Crippen LogP contribution in [0.1, 0.15) is 0 Å². The number of rotatable bonds is 1. The van der Waals surface area contributed by atoms with Crippen molar-refractivity contribution in [2.75, 3.05) is 20.3 Å². The molecule has 0 aliphatic rings. The molecule has 0 fully saturated rings. The third-order valence-corrected chi connectivity index (χ3v) is 1.90. The van der Waals surface area contributed by atoms with Gasteiger partial charge in [0.2, 0.25) is 0 Å². The molecule has 0 N–H and O–H groups in total. The van der Waals surface area contributed by atoms with E-state index < -0.39 is 0 Å². The summed E-state index contributed by atoms with van der Waals surface area (Å²) in [6.45, 7) is 0. The minimum absolute atomic E-state index is 1.28. The highest BCUT2D eigenvalue weighted by atomic mass is 28.1. The molecule has 0 unspecified atom stereocenters. The number of nitrogens with zero attached hydrogens (tertiary/aromatic N) is 1. The normalized spacial score (nSPS) is 10.2. The average Bonchev–Trinajstić information content (AvgIpc) is 1.38. The van der Waals surface area contributed by atoms with Crippen LogP contribution < -0.4 is 0 Å². The molecule has 5 heavy (non-hydrogen) atoms. The minimum Gasteiger partial charge on any atom is -0.313 e. The Kier molecular flexibility index (Phi) is 2.50. The highest BCUT2D eigenvalue weighted by molar-refractivity contribution is 6.08. The molecule has 0 aromatic heterocycles. The van der Waals surface area contributed by atoms with Crippen molar-refractivity contribution in [2.24, 2.45) is 0 Å². The van der Waals surface area contributed by atoms with Crippen molar-refractivity contribution in [1.29, 1.82) is 0 Å². The van der Waals surface area contributed by atoms with E-state index in [0.717, 1.165) is 0 Å². The topological polar surface area (TPSA) is 3.24 Å². The predicted molar refractivity (Wildman–Crippen MR) is 28.5 cm³/mol. The van der Waals surface area contributed by atoms with Crippen molar-refractivity contribution in [3.05, 3.63) is 0 Å². The zero-order chi connectivity index (χ0) is 4.28. The summed E-state index contributed by atoms with van der Waals surface area (Å²) < 4.78 is 0. The zero-order valence-corrected chi connectivity index (χ0v) is 6.15. The van der Waals surface area contributed by atoms with Gasteiger partial charge in [-0.3, -0.25) is 0 Å². The van der Waals surface area contributed by atoms with Crippen LogP contribution in [0.2, 0.25) is 0 Å². The van der Waals surface area contributed by atoms with E-state index in [1.807, 2.05) is 0 Å². The molecule has 0 amide bonds. The second-order valence-electron chi connectivity index (χ2n) is 1.40. The molecule has 0 aromatic rings. The first-order chi connectivity index (χ1) is 2.27. The Morgan fingerprint density at radius 2 is 1.80 bits per heavy atom. The van der Waals surface area contributed by atoms with Gasteiger partial charge in [-0.2, -0.15) is 0 Å². The SMILES string of the molecule is CN(C)C[SiH3]. The first-order valence-corrected chi connectivity index (χ1v) is 3.33. The summed E-state index contributed by atoms with van der Waals surface area (Å²) in [6.07, 6.45) is 1.28. The van der Waals surface area contributed by atoms with Gasteiger partial charge in [0.15, 0.2) is 0 Å². The Morgan fingerprint density at radius 3 is 1.80 bits per heavy atom. The minimum atomic E-state index is 1.28. The van der Waals surface area contributed by atoms with E-state index in [1.54, 1.807) is 0 Å². The molecular weight excluding hydrogens is 78.1 g/mol. The first-order valence-electron chi connectivity index (χ1n) is 1.92. The van der Waals surface area contributed by atoms with Crippen molar-refractivity contribution < 1.29 is 0 Å². The lowest BCUT2D eigenvalue weighted by Gasteiger charge is -2.00. The van der Waals surface area contributed by atoms with E-state index in [4.69, 9.17) is 0 Å². The van der Waals surface area contributed by atoms with Crippen LogP contribution in [0.25, 0.3) is 0 Å². The van der Waals surface area contributed by atoms with Gasteiger partial charge in [-0.05, 0) is 20.3 Å². The summed E-state index contributed by atoms with van der Waals surface area (Å²) >= 11 is 0. The van der Waals surface area contributed by atoms with E-state index in [9.17, 15) is 0 Å². The van der Waals surface area contributed by atoms with Gasteiger partial charge in [-0.1, -0.05) is 0 Å². The molecule has 2 heteroatoms. The molecule has 1 nitrogen and oxygen atoms in total. The van der Waals surface area contributed by atoms with Gasteiger partial charge in [0.25, 0.3) is 0 Å². The van der Waals surface area contributed by atoms with Crippen LogP contribution in [0.4, 0.5) is 0 Å². The van der Waals surface area contributed by atoms with E-state index in [2.05, 4.69) is 19.0 Å². The maximum absolute atomic E-state index is 2.19. The number of hydrogen-bond donors (Lipinski definition) is 0. The van der Waals surface area contributed by atoms with Crippen LogP contribution >= 0.6 is 0 Å².